The number of rotatable bonds is 3. The van der Waals surface area contributed by atoms with Crippen molar-refractivity contribution in [2.24, 2.45) is 0 Å². The number of hydrogen-bond acceptors (Lipinski definition) is 0. The molecule has 0 unspecified atom stereocenters. The first-order valence-corrected chi connectivity index (χ1v) is 5.32. The van der Waals surface area contributed by atoms with Crippen molar-refractivity contribution in [1.29, 1.82) is 0 Å². The standard InChI is InChI=1S/C11H19N2/c1-3-7-12-8-9-13(10-12)11(2)5-4-6-11/h8-10H,3-7H2,1-2H3/q+1. The molecule has 0 spiro atoms. The summed E-state index contributed by atoms with van der Waals surface area (Å²) in [7, 11) is 0. The number of hydrogen-bond donors (Lipinski definition) is 0. The fourth-order valence-electron chi connectivity index (χ4n) is 2.05. The lowest BCUT2D eigenvalue weighted by molar-refractivity contribution is -0.696. The third kappa shape index (κ3) is 1.50. The summed E-state index contributed by atoms with van der Waals surface area (Å²) >= 11 is 0. The van der Waals surface area contributed by atoms with Gasteiger partial charge in [-0.2, -0.15) is 0 Å². The molecule has 0 amide bonds. The van der Waals surface area contributed by atoms with E-state index in [-0.39, 0.29) is 0 Å². The molecule has 1 fully saturated rings. The maximum Gasteiger partial charge on any atom is 0.244 e. The van der Waals surface area contributed by atoms with Gasteiger partial charge in [0.05, 0.1) is 6.54 Å². The van der Waals surface area contributed by atoms with Crippen molar-refractivity contribution in [1.82, 2.24) is 4.57 Å². The molecule has 0 aliphatic heterocycles. The first kappa shape index (κ1) is 8.79. The van der Waals surface area contributed by atoms with Gasteiger partial charge in [-0.25, -0.2) is 9.13 Å². The summed E-state index contributed by atoms with van der Waals surface area (Å²) in [5.41, 5.74) is 0.430. The van der Waals surface area contributed by atoms with Gasteiger partial charge in [-0.3, -0.25) is 0 Å². The average Bonchev–Trinajstić information content (AvgIpc) is 2.50. The van der Waals surface area contributed by atoms with Crippen molar-refractivity contribution in [2.75, 3.05) is 0 Å². The van der Waals surface area contributed by atoms with E-state index in [1.165, 1.54) is 25.7 Å². The van der Waals surface area contributed by atoms with E-state index >= 15 is 0 Å². The summed E-state index contributed by atoms with van der Waals surface area (Å²) < 4.78 is 4.66. The Labute approximate surface area is 80.2 Å². The first-order chi connectivity index (χ1) is 6.24. The molecule has 1 aromatic heterocycles. The van der Waals surface area contributed by atoms with Crippen LogP contribution >= 0.6 is 0 Å². The minimum Gasteiger partial charge on any atom is -0.237 e. The van der Waals surface area contributed by atoms with Gasteiger partial charge in [0.15, 0.2) is 0 Å². The van der Waals surface area contributed by atoms with Crippen LogP contribution < -0.4 is 4.57 Å². The average molecular weight is 179 g/mol. The van der Waals surface area contributed by atoms with E-state index in [0.717, 1.165) is 6.54 Å². The van der Waals surface area contributed by atoms with Gasteiger partial charge in [-0.1, -0.05) is 6.92 Å². The molecule has 1 heterocycles. The Hall–Kier alpha value is -0.790. The van der Waals surface area contributed by atoms with Crippen LogP contribution in [0.1, 0.15) is 39.5 Å². The monoisotopic (exact) mass is 179 g/mol. The van der Waals surface area contributed by atoms with Crippen LogP contribution in [0.2, 0.25) is 0 Å². The zero-order valence-electron chi connectivity index (χ0n) is 8.66. The highest BCUT2D eigenvalue weighted by molar-refractivity contribution is 4.92. The van der Waals surface area contributed by atoms with Gasteiger partial charge in [0.25, 0.3) is 0 Å². The quantitative estimate of drug-likeness (QED) is 0.628. The maximum atomic E-state index is 2.38. The van der Waals surface area contributed by atoms with Gasteiger partial charge in [0.1, 0.15) is 17.9 Å². The second-order valence-electron chi connectivity index (χ2n) is 4.41. The highest BCUT2D eigenvalue weighted by Crippen LogP contribution is 2.37. The summed E-state index contributed by atoms with van der Waals surface area (Å²) in [6, 6.07) is 0. The maximum absolute atomic E-state index is 2.38. The molecule has 0 aromatic carbocycles. The number of imidazole rings is 1. The van der Waals surface area contributed by atoms with E-state index in [9.17, 15) is 0 Å². The number of nitrogens with zero attached hydrogens (tertiary/aromatic N) is 2. The first-order valence-electron chi connectivity index (χ1n) is 5.32. The lowest BCUT2D eigenvalue weighted by Crippen LogP contribution is -2.38. The summed E-state index contributed by atoms with van der Waals surface area (Å²) in [5, 5.41) is 0. The van der Waals surface area contributed by atoms with Gasteiger partial charge in [-0.05, 0) is 32.6 Å². The van der Waals surface area contributed by atoms with Crippen molar-refractivity contribution < 1.29 is 4.57 Å². The van der Waals surface area contributed by atoms with Crippen LogP contribution in [0.3, 0.4) is 0 Å². The molecule has 0 atom stereocenters. The van der Waals surface area contributed by atoms with E-state index in [4.69, 9.17) is 0 Å². The second-order valence-corrected chi connectivity index (χ2v) is 4.41. The lowest BCUT2D eigenvalue weighted by atomic mass is 9.78. The largest absolute Gasteiger partial charge is 0.244 e. The van der Waals surface area contributed by atoms with Gasteiger partial charge in [-0.15, -0.1) is 0 Å². The smallest absolute Gasteiger partial charge is 0.237 e. The summed E-state index contributed by atoms with van der Waals surface area (Å²) in [6.45, 7) is 5.71. The Bertz CT molecular complexity index is 284. The molecule has 2 heteroatoms. The molecule has 1 saturated carbocycles. The lowest BCUT2D eigenvalue weighted by Gasteiger charge is -2.34. The minimum absolute atomic E-state index is 0.430. The summed E-state index contributed by atoms with van der Waals surface area (Å²) in [6.07, 6.45) is 11.9. The van der Waals surface area contributed by atoms with E-state index in [1.54, 1.807) is 0 Å². The Kier molecular flexibility index (Phi) is 2.14. The van der Waals surface area contributed by atoms with Crippen LogP contribution in [0, 0.1) is 0 Å². The molecule has 72 valence electrons. The van der Waals surface area contributed by atoms with Crippen molar-refractivity contribution in [3.05, 3.63) is 18.7 Å². The van der Waals surface area contributed by atoms with Crippen LogP contribution in [0.25, 0.3) is 0 Å². The van der Waals surface area contributed by atoms with E-state index in [2.05, 4.69) is 41.7 Å². The number of aryl methyl sites for hydroxylation is 1. The van der Waals surface area contributed by atoms with Crippen molar-refractivity contribution in [3.63, 3.8) is 0 Å². The van der Waals surface area contributed by atoms with Crippen LogP contribution in [-0.4, -0.2) is 4.57 Å². The normalized spacial score (nSPS) is 19.8. The number of aromatic nitrogens is 2. The molecule has 2 nitrogen and oxygen atoms in total. The van der Waals surface area contributed by atoms with E-state index < -0.39 is 0 Å². The topological polar surface area (TPSA) is 8.81 Å². The fraction of sp³-hybridized carbons (Fsp3) is 0.727. The van der Waals surface area contributed by atoms with Crippen molar-refractivity contribution >= 4 is 0 Å². The highest BCUT2D eigenvalue weighted by Gasteiger charge is 2.37. The van der Waals surface area contributed by atoms with Gasteiger partial charge < -0.3 is 0 Å². The Balaban J connectivity index is 2.12. The molecule has 0 N–H and O–H groups in total. The van der Waals surface area contributed by atoms with Gasteiger partial charge in [0.2, 0.25) is 6.33 Å². The molecular formula is C11H19N2+. The third-order valence-corrected chi connectivity index (χ3v) is 3.23. The Morgan fingerprint density at radius 3 is 2.77 bits per heavy atom. The second kappa shape index (κ2) is 3.17. The van der Waals surface area contributed by atoms with Crippen LogP contribution in [0.15, 0.2) is 18.7 Å². The molecule has 1 aliphatic carbocycles. The zero-order valence-corrected chi connectivity index (χ0v) is 8.66. The molecule has 1 aromatic rings. The molecular weight excluding hydrogens is 160 g/mol. The van der Waals surface area contributed by atoms with Crippen LogP contribution in [-0.2, 0) is 12.1 Å². The summed E-state index contributed by atoms with van der Waals surface area (Å²) in [4.78, 5) is 0. The van der Waals surface area contributed by atoms with Gasteiger partial charge in [0, 0.05) is 0 Å². The highest BCUT2D eigenvalue weighted by atomic mass is 15.2. The van der Waals surface area contributed by atoms with E-state index in [1.807, 2.05) is 0 Å². The van der Waals surface area contributed by atoms with Crippen LogP contribution in [0.4, 0.5) is 0 Å². The molecule has 2 rings (SSSR count). The zero-order chi connectivity index (χ0) is 9.31. The predicted molar refractivity (Wildman–Crippen MR) is 52.4 cm³/mol. The predicted octanol–water partition coefficient (Wildman–Crippen LogP) is 2.08. The molecule has 0 bridgehead atoms. The fourth-order valence-corrected chi connectivity index (χ4v) is 2.05. The molecule has 0 saturated heterocycles. The minimum atomic E-state index is 0.430. The molecule has 0 radical (unpaired) electrons. The molecule has 1 aliphatic rings. The van der Waals surface area contributed by atoms with Crippen molar-refractivity contribution in [3.8, 4) is 0 Å². The van der Waals surface area contributed by atoms with E-state index in [0.29, 0.717) is 5.54 Å². The summed E-state index contributed by atoms with van der Waals surface area (Å²) in [5.74, 6) is 0. The van der Waals surface area contributed by atoms with Crippen LogP contribution in [0.5, 0.6) is 0 Å². The Morgan fingerprint density at radius 1 is 1.46 bits per heavy atom. The third-order valence-electron chi connectivity index (χ3n) is 3.23. The SMILES string of the molecule is CCC[n+]1ccn(C2(C)CCC2)c1. The van der Waals surface area contributed by atoms with Crippen molar-refractivity contribution in [2.45, 2.75) is 51.6 Å². The Morgan fingerprint density at radius 2 is 2.23 bits per heavy atom. The van der Waals surface area contributed by atoms with Gasteiger partial charge >= 0.3 is 0 Å². The molecule has 13 heavy (non-hydrogen) atoms.